The van der Waals surface area contributed by atoms with Gasteiger partial charge in [-0.25, -0.2) is 5.11 Å². The summed E-state index contributed by atoms with van der Waals surface area (Å²) in [7, 11) is 0. The second-order valence-corrected chi connectivity index (χ2v) is 3.89. The zero-order valence-corrected chi connectivity index (χ0v) is 9.38. The van der Waals surface area contributed by atoms with Crippen molar-refractivity contribution >= 4 is 0 Å². The molecular weight excluding hydrogens is 184 g/mol. The molecule has 0 amide bonds. The van der Waals surface area contributed by atoms with Crippen LogP contribution in [0.1, 0.15) is 20.8 Å². The van der Waals surface area contributed by atoms with E-state index in [4.69, 9.17) is 14.2 Å². The molecule has 4 heteroatoms. The van der Waals surface area contributed by atoms with Crippen molar-refractivity contribution in [3.63, 3.8) is 0 Å². The van der Waals surface area contributed by atoms with E-state index in [1.54, 1.807) is 0 Å². The van der Waals surface area contributed by atoms with Crippen LogP contribution in [0.25, 0.3) is 0 Å². The average Bonchev–Trinajstić information content (AvgIpc) is 2.08. The first-order valence-corrected chi connectivity index (χ1v) is 4.94. The maximum absolute atomic E-state index is 9.99. The summed E-state index contributed by atoms with van der Waals surface area (Å²) in [5.74, 6) is 0. The predicted molar refractivity (Wildman–Crippen MR) is 52.9 cm³/mol. The van der Waals surface area contributed by atoms with Crippen LogP contribution in [0.5, 0.6) is 0 Å². The summed E-state index contributed by atoms with van der Waals surface area (Å²) < 4.78 is 15.6. The Labute approximate surface area is 86.2 Å². The molecule has 1 radical (unpaired) electrons. The minimum atomic E-state index is -0.187. The van der Waals surface area contributed by atoms with Gasteiger partial charge in [-0.15, -0.1) is 0 Å². The lowest BCUT2D eigenvalue weighted by atomic mass is 10.2. The van der Waals surface area contributed by atoms with Crippen molar-refractivity contribution in [1.29, 1.82) is 0 Å². The summed E-state index contributed by atoms with van der Waals surface area (Å²) in [5.41, 5.74) is -0.109. The van der Waals surface area contributed by atoms with Gasteiger partial charge >= 0.3 is 0 Å². The molecule has 0 saturated heterocycles. The van der Waals surface area contributed by atoms with Crippen LogP contribution in [0.3, 0.4) is 0 Å². The van der Waals surface area contributed by atoms with Crippen molar-refractivity contribution in [2.75, 3.05) is 39.6 Å². The third kappa shape index (κ3) is 11.8. The quantitative estimate of drug-likeness (QED) is 0.560. The number of ether oxygens (including phenoxy) is 3. The van der Waals surface area contributed by atoms with Gasteiger partial charge in [0.25, 0.3) is 0 Å². The first kappa shape index (κ1) is 13.8. The second kappa shape index (κ2) is 8.17. The monoisotopic (exact) mass is 205 g/mol. The lowest BCUT2D eigenvalue weighted by molar-refractivity contribution is -0.0446. The van der Waals surface area contributed by atoms with Crippen molar-refractivity contribution in [3.8, 4) is 0 Å². The minimum Gasteiger partial charge on any atom is -0.377 e. The lowest BCUT2D eigenvalue weighted by Gasteiger charge is -2.19. The van der Waals surface area contributed by atoms with E-state index < -0.39 is 0 Å². The van der Waals surface area contributed by atoms with Crippen LogP contribution in [-0.4, -0.2) is 45.2 Å². The molecule has 0 fully saturated rings. The molecular formula is C10H21O4. The lowest BCUT2D eigenvalue weighted by Crippen LogP contribution is -2.22. The third-order valence-electron chi connectivity index (χ3n) is 1.36. The standard InChI is InChI=1S/C10H21O4/c1-10(2,3)14-9-8-13-7-6-12-5-4-11/h4-9H2,1-3H3. The Morgan fingerprint density at radius 3 is 1.86 bits per heavy atom. The molecule has 0 spiro atoms. The molecule has 0 aliphatic carbocycles. The summed E-state index contributed by atoms with van der Waals surface area (Å²) in [5, 5.41) is 9.99. The topological polar surface area (TPSA) is 47.6 Å². The molecule has 0 saturated carbocycles. The highest BCUT2D eigenvalue weighted by molar-refractivity contribution is 4.57. The van der Waals surface area contributed by atoms with Gasteiger partial charge in [0.2, 0.25) is 0 Å². The van der Waals surface area contributed by atoms with Crippen molar-refractivity contribution in [1.82, 2.24) is 0 Å². The zero-order valence-electron chi connectivity index (χ0n) is 9.38. The molecule has 4 nitrogen and oxygen atoms in total. The number of rotatable bonds is 8. The average molecular weight is 205 g/mol. The van der Waals surface area contributed by atoms with E-state index >= 15 is 0 Å². The fourth-order valence-corrected chi connectivity index (χ4v) is 0.788. The molecule has 0 unspecified atom stereocenters. The van der Waals surface area contributed by atoms with Crippen LogP contribution in [0.2, 0.25) is 0 Å². The highest BCUT2D eigenvalue weighted by Crippen LogP contribution is 2.05. The number of hydrogen-bond donors (Lipinski definition) is 0. The smallest absolute Gasteiger partial charge is 0.106 e. The van der Waals surface area contributed by atoms with Crippen LogP contribution in [0.15, 0.2) is 0 Å². The van der Waals surface area contributed by atoms with Crippen molar-refractivity contribution in [3.05, 3.63) is 0 Å². The molecule has 14 heavy (non-hydrogen) atoms. The fraction of sp³-hybridized carbons (Fsp3) is 1.00. The van der Waals surface area contributed by atoms with Crippen LogP contribution in [0, 0.1) is 0 Å². The molecule has 0 aliphatic heterocycles. The Morgan fingerprint density at radius 2 is 1.36 bits per heavy atom. The molecule has 0 aromatic carbocycles. The normalized spacial score (nSPS) is 12.0. The van der Waals surface area contributed by atoms with Crippen molar-refractivity contribution in [2.45, 2.75) is 26.4 Å². The third-order valence-corrected chi connectivity index (χ3v) is 1.36. The van der Waals surface area contributed by atoms with Gasteiger partial charge in [0, 0.05) is 0 Å². The largest absolute Gasteiger partial charge is 0.377 e. The molecule has 0 bridgehead atoms. The maximum Gasteiger partial charge on any atom is 0.106 e. The summed E-state index contributed by atoms with van der Waals surface area (Å²) in [6, 6.07) is 0. The van der Waals surface area contributed by atoms with Crippen molar-refractivity contribution in [2.24, 2.45) is 0 Å². The van der Waals surface area contributed by atoms with Gasteiger partial charge in [-0.05, 0) is 20.8 Å². The van der Waals surface area contributed by atoms with E-state index in [-0.39, 0.29) is 18.8 Å². The predicted octanol–water partition coefficient (Wildman–Crippen LogP) is 1.27. The Bertz CT molecular complexity index is 120. The summed E-state index contributed by atoms with van der Waals surface area (Å²) >= 11 is 0. The molecule has 0 rings (SSSR count). The van der Waals surface area contributed by atoms with Gasteiger partial charge in [0.1, 0.15) is 6.61 Å². The van der Waals surface area contributed by atoms with E-state index in [1.807, 2.05) is 20.8 Å². The minimum absolute atomic E-state index is 0.109. The summed E-state index contributed by atoms with van der Waals surface area (Å²) in [6.45, 7) is 8.25. The molecule has 0 aromatic heterocycles. The molecule has 0 aromatic rings. The van der Waals surface area contributed by atoms with Gasteiger partial charge in [0.05, 0.1) is 38.6 Å². The highest BCUT2D eigenvalue weighted by atomic mass is 16.5. The van der Waals surface area contributed by atoms with Crippen LogP contribution in [0.4, 0.5) is 0 Å². The first-order valence-electron chi connectivity index (χ1n) is 4.94. The SMILES string of the molecule is CC(C)(C)OCCOCCOCC[O]. The van der Waals surface area contributed by atoms with E-state index in [2.05, 4.69) is 0 Å². The van der Waals surface area contributed by atoms with E-state index in [9.17, 15) is 5.11 Å². The molecule has 0 heterocycles. The second-order valence-electron chi connectivity index (χ2n) is 3.89. The Kier molecular flexibility index (Phi) is 8.08. The molecule has 85 valence electrons. The summed E-state index contributed by atoms with van der Waals surface area (Å²) in [4.78, 5) is 0. The van der Waals surface area contributed by atoms with E-state index in [1.165, 1.54) is 0 Å². The number of hydrogen-bond acceptors (Lipinski definition) is 3. The summed E-state index contributed by atoms with van der Waals surface area (Å²) in [6.07, 6.45) is 0. The molecule has 0 atom stereocenters. The van der Waals surface area contributed by atoms with Gasteiger partial charge in [0.15, 0.2) is 0 Å². The Morgan fingerprint density at radius 1 is 0.857 bits per heavy atom. The van der Waals surface area contributed by atoms with E-state index in [0.717, 1.165) is 0 Å². The zero-order chi connectivity index (χ0) is 10.9. The Balaban J connectivity index is 2.99. The Hall–Kier alpha value is -0.160. The van der Waals surface area contributed by atoms with E-state index in [0.29, 0.717) is 26.4 Å². The fourth-order valence-electron chi connectivity index (χ4n) is 0.788. The maximum atomic E-state index is 9.99. The molecule has 0 aliphatic rings. The van der Waals surface area contributed by atoms with Gasteiger partial charge in [-0.3, -0.25) is 0 Å². The van der Waals surface area contributed by atoms with Crippen LogP contribution < -0.4 is 0 Å². The van der Waals surface area contributed by atoms with Gasteiger partial charge in [-0.2, -0.15) is 0 Å². The molecule has 0 N–H and O–H groups in total. The highest BCUT2D eigenvalue weighted by Gasteiger charge is 2.08. The van der Waals surface area contributed by atoms with Gasteiger partial charge in [-0.1, -0.05) is 0 Å². The first-order chi connectivity index (χ1) is 6.56. The van der Waals surface area contributed by atoms with Crippen LogP contribution in [-0.2, 0) is 19.3 Å². The van der Waals surface area contributed by atoms with Crippen molar-refractivity contribution < 1.29 is 19.3 Å². The van der Waals surface area contributed by atoms with Crippen LogP contribution >= 0.6 is 0 Å². The van der Waals surface area contributed by atoms with Gasteiger partial charge < -0.3 is 14.2 Å².